The molecule has 0 saturated heterocycles. The van der Waals surface area contributed by atoms with Crippen molar-refractivity contribution in [2.24, 2.45) is 0 Å². The van der Waals surface area contributed by atoms with Gasteiger partial charge in [-0.2, -0.15) is 0 Å². The number of nitrogens with one attached hydrogen (secondary N) is 3. The van der Waals surface area contributed by atoms with E-state index in [1.165, 1.54) is 0 Å². The van der Waals surface area contributed by atoms with Crippen LogP contribution in [-0.4, -0.2) is 40.2 Å². The number of H-pyrrole nitrogens is 1. The fraction of sp³-hybridized carbons (Fsp3) is 0.167. The van der Waals surface area contributed by atoms with E-state index in [2.05, 4.69) is 15.6 Å². The number of hydrogen-bond acceptors (Lipinski definition) is 4. The minimum absolute atomic E-state index is 0.0232. The summed E-state index contributed by atoms with van der Waals surface area (Å²) in [6.45, 7) is 2.08. The number of aliphatic hydroxyl groups excluding tert-OH is 1. The van der Waals surface area contributed by atoms with Crippen molar-refractivity contribution in [2.75, 3.05) is 18.5 Å². The fourth-order valence-electron chi connectivity index (χ4n) is 3.80. The molecule has 5 N–H and O–H groups in total. The number of aliphatic hydroxyl groups is 1. The van der Waals surface area contributed by atoms with Gasteiger partial charge in [-0.05, 0) is 31.6 Å². The van der Waals surface area contributed by atoms with Crippen LogP contribution in [0.1, 0.15) is 33.7 Å². The molecule has 0 fully saturated rings. The third kappa shape index (κ3) is 3.83. The van der Waals surface area contributed by atoms with Crippen LogP contribution in [-0.2, 0) is 4.79 Å². The molecule has 0 aliphatic carbocycles. The number of aromatic hydroxyl groups is 1. The highest BCUT2D eigenvalue weighted by molar-refractivity contribution is 6.35. The SMILES string of the molecule is Cc1[nH]c(/C=C2\C(=O)Nc3ccccc32)c(-c2ccccc2O)c1C(=O)NCCCO. The van der Waals surface area contributed by atoms with Crippen LogP contribution in [0.3, 0.4) is 0 Å². The molecule has 4 rings (SSSR count). The van der Waals surface area contributed by atoms with Crippen LogP contribution >= 0.6 is 0 Å². The van der Waals surface area contributed by atoms with Crippen molar-refractivity contribution in [3.05, 3.63) is 71.0 Å². The number of aromatic amines is 1. The summed E-state index contributed by atoms with van der Waals surface area (Å²) in [5.41, 5.74) is 4.52. The molecule has 1 aromatic heterocycles. The van der Waals surface area contributed by atoms with Crippen LogP contribution in [0, 0.1) is 6.92 Å². The van der Waals surface area contributed by atoms with Gasteiger partial charge < -0.3 is 25.8 Å². The van der Waals surface area contributed by atoms with Crippen molar-refractivity contribution >= 4 is 29.2 Å². The first-order valence-corrected chi connectivity index (χ1v) is 10.0. The maximum atomic E-state index is 13.0. The number of rotatable bonds is 6. The molecule has 0 radical (unpaired) electrons. The number of para-hydroxylation sites is 2. The Morgan fingerprint density at radius 2 is 1.81 bits per heavy atom. The first-order chi connectivity index (χ1) is 15.0. The molecular weight excluding hydrogens is 394 g/mol. The lowest BCUT2D eigenvalue weighted by molar-refractivity contribution is -0.110. The minimum Gasteiger partial charge on any atom is -0.507 e. The Hall–Kier alpha value is -3.84. The Labute approximate surface area is 179 Å². The van der Waals surface area contributed by atoms with E-state index < -0.39 is 0 Å². The molecule has 31 heavy (non-hydrogen) atoms. The number of aryl methyl sites for hydroxylation is 1. The van der Waals surface area contributed by atoms with Gasteiger partial charge in [-0.3, -0.25) is 9.59 Å². The van der Waals surface area contributed by atoms with E-state index in [0.717, 1.165) is 11.3 Å². The Morgan fingerprint density at radius 3 is 2.55 bits per heavy atom. The molecule has 7 nitrogen and oxygen atoms in total. The second-order valence-corrected chi connectivity index (χ2v) is 7.32. The highest BCUT2D eigenvalue weighted by atomic mass is 16.3. The number of hydrogen-bond donors (Lipinski definition) is 5. The number of carbonyl (C=O) groups is 2. The van der Waals surface area contributed by atoms with Crippen molar-refractivity contribution in [3.8, 4) is 16.9 Å². The molecule has 2 amide bonds. The zero-order valence-electron chi connectivity index (χ0n) is 17.0. The molecule has 7 heteroatoms. The van der Waals surface area contributed by atoms with E-state index in [-0.39, 0.29) is 24.2 Å². The Morgan fingerprint density at radius 1 is 1.10 bits per heavy atom. The number of fused-ring (bicyclic) bond motifs is 1. The van der Waals surface area contributed by atoms with Gasteiger partial charge in [0.2, 0.25) is 0 Å². The molecule has 158 valence electrons. The van der Waals surface area contributed by atoms with Crippen molar-refractivity contribution < 1.29 is 19.8 Å². The maximum Gasteiger partial charge on any atom is 0.256 e. The summed E-state index contributed by atoms with van der Waals surface area (Å²) < 4.78 is 0. The van der Waals surface area contributed by atoms with Crippen LogP contribution in [0.15, 0.2) is 48.5 Å². The summed E-state index contributed by atoms with van der Waals surface area (Å²) in [5, 5.41) is 25.2. The molecule has 0 saturated carbocycles. The standard InChI is InChI=1S/C24H23N3O4/c1-14-21(24(31)25-11-6-12-28)22(16-8-3-5-10-20(16)29)19(26-14)13-17-15-7-2-4-9-18(15)27-23(17)30/h2-5,7-10,13,26,28-29H,6,11-12H2,1H3,(H,25,31)(H,27,30)/b17-13-. The first-order valence-electron chi connectivity index (χ1n) is 10.0. The molecule has 0 unspecified atom stereocenters. The second-order valence-electron chi connectivity index (χ2n) is 7.32. The van der Waals surface area contributed by atoms with Crippen LogP contribution in [0.2, 0.25) is 0 Å². The smallest absolute Gasteiger partial charge is 0.256 e. The van der Waals surface area contributed by atoms with Gasteiger partial charge in [-0.15, -0.1) is 0 Å². The van der Waals surface area contributed by atoms with Gasteiger partial charge in [0.25, 0.3) is 11.8 Å². The van der Waals surface area contributed by atoms with Gasteiger partial charge >= 0.3 is 0 Å². The molecular formula is C24H23N3O4. The molecule has 1 aliphatic heterocycles. The van der Waals surface area contributed by atoms with Crippen LogP contribution < -0.4 is 10.6 Å². The molecule has 0 atom stereocenters. The van der Waals surface area contributed by atoms with Gasteiger partial charge in [0.05, 0.1) is 11.1 Å². The van der Waals surface area contributed by atoms with E-state index in [1.807, 2.05) is 24.3 Å². The average Bonchev–Trinajstić information content (AvgIpc) is 3.25. The van der Waals surface area contributed by atoms with Gasteiger partial charge in [-0.25, -0.2) is 0 Å². The Kier molecular flexibility index (Phi) is 5.60. The topological polar surface area (TPSA) is 114 Å². The van der Waals surface area contributed by atoms with Crippen molar-refractivity contribution in [2.45, 2.75) is 13.3 Å². The Bertz CT molecular complexity index is 1190. The zero-order chi connectivity index (χ0) is 22.0. The summed E-state index contributed by atoms with van der Waals surface area (Å²) in [4.78, 5) is 28.8. The largest absolute Gasteiger partial charge is 0.507 e. The van der Waals surface area contributed by atoms with Gasteiger partial charge in [-0.1, -0.05) is 36.4 Å². The van der Waals surface area contributed by atoms with E-state index in [1.54, 1.807) is 37.3 Å². The highest BCUT2D eigenvalue weighted by Crippen LogP contribution is 2.39. The van der Waals surface area contributed by atoms with E-state index in [9.17, 15) is 14.7 Å². The lowest BCUT2D eigenvalue weighted by Gasteiger charge is -2.10. The predicted molar refractivity (Wildman–Crippen MR) is 120 cm³/mol. The normalized spacial score (nSPS) is 13.9. The van der Waals surface area contributed by atoms with Crippen LogP contribution in [0.4, 0.5) is 5.69 Å². The number of benzene rings is 2. The monoisotopic (exact) mass is 417 g/mol. The molecule has 3 aromatic rings. The molecule has 0 bridgehead atoms. The summed E-state index contributed by atoms with van der Waals surface area (Å²) in [5.74, 6) is -0.520. The van der Waals surface area contributed by atoms with Crippen LogP contribution in [0.25, 0.3) is 22.8 Å². The van der Waals surface area contributed by atoms with E-state index in [4.69, 9.17) is 5.11 Å². The maximum absolute atomic E-state index is 13.0. The number of amides is 2. The number of phenols is 1. The van der Waals surface area contributed by atoms with E-state index in [0.29, 0.717) is 46.6 Å². The summed E-state index contributed by atoms with van der Waals surface area (Å²) in [6.07, 6.45) is 2.15. The summed E-state index contributed by atoms with van der Waals surface area (Å²) in [6, 6.07) is 14.2. The zero-order valence-corrected chi connectivity index (χ0v) is 17.0. The Balaban J connectivity index is 1.88. The second kappa shape index (κ2) is 8.49. The van der Waals surface area contributed by atoms with Crippen molar-refractivity contribution in [1.82, 2.24) is 10.3 Å². The molecule has 0 spiro atoms. The third-order valence-electron chi connectivity index (χ3n) is 5.24. The summed E-state index contributed by atoms with van der Waals surface area (Å²) in [7, 11) is 0. The van der Waals surface area contributed by atoms with Crippen LogP contribution in [0.5, 0.6) is 5.75 Å². The highest BCUT2D eigenvalue weighted by Gasteiger charge is 2.27. The number of carbonyl (C=O) groups excluding carboxylic acids is 2. The van der Waals surface area contributed by atoms with E-state index >= 15 is 0 Å². The number of phenolic OH excluding ortho intramolecular Hbond substituents is 1. The number of anilines is 1. The van der Waals surface area contributed by atoms with Crippen molar-refractivity contribution in [1.29, 1.82) is 0 Å². The minimum atomic E-state index is -0.318. The quantitative estimate of drug-likeness (QED) is 0.313. The summed E-state index contributed by atoms with van der Waals surface area (Å²) >= 11 is 0. The lowest BCUT2D eigenvalue weighted by atomic mass is 9.96. The van der Waals surface area contributed by atoms with Gasteiger partial charge in [0.1, 0.15) is 5.75 Å². The first kappa shape index (κ1) is 20.4. The molecule has 2 heterocycles. The third-order valence-corrected chi connectivity index (χ3v) is 5.24. The predicted octanol–water partition coefficient (Wildman–Crippen LogP) is 3.30. The molecule has 1 aliphatic rings. The molecule has 2 aromatic carbocycles. The van der Waals surface area contributed by atoms with Crippen molar-refractivity contribution in [3.63, 3.8) is 0 Å². The van der Waals surface area contributed by atoms with Gasteiger partial charge in [0.15, 0.2) is 0 Å². The average molecular weight is 417 g/mol. The lowest BCUT2D eigenvalue weighted by Crippen LogP contribution is -2.25. The van der Waals surface area contributed by atoms with Gasteiger partial charge in [0, 0.05) is 46.9 Å². The fourth-order valence-corrected chi connectivity index (χ4v) is 3.80. The number of aromatic nitrogens is 1.